The highest BCUT2D eigenvalue weighted by atomic mass is 19.4. The predicted octanol–water partition coefficient (Wildman–Crippen LogP) is 7.65. The molecular formula is C30H27F4NO3. The van der Waals surface area contributed by atoms with Crippen LogP contribution in [0.15, 0.2) is 84.9 Å². The van der Waals surface area contributed by atoms with Crippen molar-refractivity contribution in [3.63, 3.8) is 0 Å². The second-order valence-corrected chi connectivity index (χ2v) is 8.56. The van der Waals surface area contributed by atoms with Crippen molar-refractivity contribution in [2.75, 3.05) is 20.8 Å². The lowest BCUT2D eigenvalue weighted by molar-refractivity contribution is -0.137. The van der Waals surface area contributed by atoms with E-state index in [0.717, 1.165) is 34.4 Å². The van der Waals surface area contributed by atoms with Crippen molar-refractivity contribution in [2.24, 2.45) is 0 Å². The lowest BCUT2D eigenvalue weighted by atomic mass is 10.1. The summed E-state index contributed by atoms with van der Waals surface area (Å²) in [7, 11) is 3.11. The third kappa shape index (κ3) is 6.83. The van der Waals surface area contributed by atoms with Crippen molar-refractivity contribution in [3.8, 4) is 34.1 Å². The molecule has 0 unspecified atom stereocenters. The summed E-state index contributed by atoms with van der Waals surface area (Å²) < 4.78 is 68.6. The van der Waals surface area contributed by atoms with Gasteiger partial charge in [-0.3, -0.25) is 0 Å². The Bertz CT molecular complexity index is 1310. The maximum Gasteiger partial charge on any atom is 0.416 e. The molecule has 4 rings (SSSR count). The lowest BCUT2D eigenvalue weighted by Crippen LogP contribution is -2.18. The fraction of sp³-hybridized carbons (Fsp3) is 0.200. The van der Waals surface area contributed by atoms with E-state index in [9.17, 15) is 17.6 Å². The minimum atomic E-state index is -4.34. The molecule has 0 atom stereocenters. The van der Waals surface area contributed by atoms with Crippen LogP contribution in [0.2, 0.25) is 0 Å². The second kappa shape index (κ2) is 12.0. The van der Waals surface area contributed by atoms with Crippen LogP contribution in [-0.2, 0) is 19.1 Å². The highest BCUT2D eigenvalue weighted by Crippen LogP contribution is 2.36. The van der Waals surface area contributed by atoms with Gasteiger partial charge in [0.05, 0.1) is 25.3 Å². The van der Waals surface area contributed by atoms with Gasteiger partial charge in [-0.2, -0.15) is 13.2 Å². The van der Waals surface area contributed by atoms with Crippen molar-refractivity contribution < 1.29 is 31.8 Å². The Morgan fingerprint density at radius 2 is 1.26 bits per heavy atom. The molecule has 1 N–H and O–H groups in total. The predicted molar refractivity (Wildman–Crippen MR) is 138 cm³/mol. The van der Waals surface area contributed by atoms with Crippen molar-refractivity contribution >= 4 is 0 Å². The van der Waals surface area contributed by atoms with E-state index < -0.39 is 11.7 Å². The Labute approximate surface area is 218 Å². The first-order valence-electron chi connectivity index (χ1n) is 11.9. The molecule has 0 aliphatic rings. The summed E-state index contributed by atoms with van der Waals surface area (Å²) in [5, 5.41) is 3.29. The smallest absolute Gasteiger partial charge is 0.416 e. The molecule has 0 radical (unpaired) electrons. The minimum Gasteiger partial charge on any atom is -0.496 e. The first kappa shape index (κ1) is 27.0. The van der Waals surface area contributed by atoms with Gasteiger partial charge in [-0.25, -0.2) is 4.39 Å². The summed E-state index contributed by atoms with van der Waals surface area (Å²) in [5.41, 5.74) is 2.77. The summed E-state index contributed by atoms with van der Waals surface area (Å²) in [6.45, 7) is 0.982. The van der Waals surface area contributed by atoms with Crippen LogP contribution in [0.25, 0.3) is 11.1 Å². The summed E-state index contributed by atoms with van der Waals surface area (Å²) in [5.74, 6) is 2.01. The van der Waals surface area contributed by atoms with Crippen LogP contribution in [0.3, 0.4) is 0 Å². The second-order valence-electron chi connectivity index (χ2n) is 8.56. The van der Waals surface area contributed by atoms with Gasteiger partial charge in [0.1, 0.15) is 28.8 Å². The molecule has 198 valence electrons. The van der Waals surface area contributed by atoms with E-state index in [1.165, 1.54) is 24.3 Å². The molecule has 0 spiro atoms. The number of benzene rings is 4. The molecule has 0 amide bonds. The van der Waals surface area contributed by atoms with Crippen LogP contribution in [0.1, 0.15) is 16.7 Å². The van der Waals surface area contributed by atoms with E-state index in [1.54, 1.807) is 38.5 Å². The molecule has 0 bridgehead atoms. The lowest BCUT2D eigenvalue weighted by Gasteiger charge is -2.16. The molecule has 4 nitrogen and oxygen atoms in total. The van der Waals surface area contributed by atoms with Gasteiger partial charge in [0.2, 0.25) is 0 Å². The van der Waals surface area contributed by atoms with E-state index >= 15 is 0 Å². The topological polar surface area (TPSA) is 39.7 Å². The first-order chi connectivity index (χ1) is 18.3. The monoisotopic (exact) mass is 525 g/mol. The van der Waals surface area contributed by atoms with Gasteiger partial charge in [-0.15, -0.1) is 0 Å². The molecule has 8 heteroatoms. The zero-order valence-corrected chi connectivity index (χ0v) is 20.9. The Kier molecular flexibility index (Phi) is 8.53. The zero-order chi connectivity index (χ0) is 27.1. The van der Waals surface area contributed by atoms with E-state index in [4.69, 9.17) is 14.2 Å². The molecular weight excluding hydrogens is 498 g/mol. The van der Waals surface area contributed by atoms with Crippen LogP contribution >= 0.6 is 0 Å². The van der Waals surface area contributed by atoms with Gasteiger partial charge >= 0.3 is 6.18 Å². The van der Waals surface area contributed by atoms with Gasteiger partial charge < -0.3 is 19.5 Å². The molecule has 38 heavy (non-hydrogen) atoms. The Hall–Kier alpha value is -4.04. The third-order valence-electron chi connectivity index (χ3n) is 6.02. The highest BCUT2D eigenvalue weighted by molar-refractivity contribution is 5.64. The first-order valence-corrected chi connectivity index (χ1v) is 11.9. The average molecular weight is 526 g/mol. The molecule has 0 aromatic heterocycles. The van der Waals surface area contributed by atoms with Crippen molar-refractivity contribution in [3.05, 3.63) is 107 Å². The number of ether oxygens (including phenoxy) is 3. The molecule has 0 fully saturated rings. The Morgan fingerprint density at radius 1 is 0.711 bits per heavy atom. The van der Waals surface area contributed by atoms with Crippen LogP contribution < -0.4 is 19.5 Å². The normalized spacial score (nSPS) is 11.3. The number of hydrogen-bond acceptors (Lipinski definition) is 4. The molecule has 4 aromatic rings. The maximum atomic E-state index is 13.2. The fourth-order valence-electron chi connectivity index (χ4n) is 3.99. The van der Waals surface area contributed by atoms with Gasteiger partial charge in [-0.1, -0.05) is 36.4 Å². The van der Waals surface area contributed by atoms with Crippen molar-refractivity contribution in [1.82, 2.24) is 5.32 Å². The third-order valence-corrected chi connectivity index (χ3v) is 6.02. The van der Waals surface area contributed by atoms with Crippen LogP contribution in [-0.4, -0.2) is 20.8 Å². The molecule has 4 aromatic carbocycles. The number of alkyl halides is 3. The average Bonchev–Trinajstić information content (AvgIpc) is 2.92. The number of methoxy groups -OCH3 is 2. The van der Waals surface area contributed by atoms with Gasteiger partial charge in [0, 0.05) is 18.7 Å². The summed E-state index contributed by atoms with van der Waals surface area (Å²) in [6, 6.07) is 22.4. The largest absolute Gasteiger partial charge is 0.496 e. The summed E-state index contributed by atoms with van der Waals surface area (Å²) in [4.78, 5) is 0. The van der Waals surface area contributed by atoms with E-state index in [1.807, 2.05) is 24.3 Å². The number of hydrogen-bond donors (Lipinski definition) is 1. The van der Waals surface area contributed by atoms with Crippen LogP contribution in [0, 0.1) is 5.82 Å². The SMILES string of the molecule is COc1cc(Oc2ccc(-c3ccc(F)cc3)cc2)cc(OC)c1CNCCc1ccc(C(F)(F)F)cc1. The van der Waals surface area contributed by atoms with Gasteiger partial charge in [0.25, 0.3) is 0 Å². The fourth-order valence-corrected chi connectivity index (χ4v) is 3.99. The van der Waals surface area contributed by atoms with Crippen LogP contribution in [0.4, 0.5) is 17.6 Å². The highest BCUT2D eigenvalue weighted by Gasteiger charge is 2.29. The molecule has 0 saturated carbocycles. The van der Waals surface area contributed by atoms with E-state index in [-0.39, 0.29) is 5.82 Å². The maximum absolute atomic E-state index is 13.2. The van der Waals surface area contributed by atoms with Crippen molar-refractivity contribution in [2.45, 2.75) is 19.1 Å². The van der Waals surface area contributed by atoms with E-state index in [0.29, 0.717) is 42.5 Å². The number of halogens is 4. The number of nitrogens with one attached hydrogen (secondary N) is 1. The number of rotatable bonds is 10. The summed E-state index contributed by atoms with van der Waals surface area (Å²) >= 11 is 0. The molecule has 0 heterocycles. The zero-order valence-electron chi connectivity index (χ0n) is 20.9. The Morgan fingerprint density at radius 3 is 1.79 bits per heavy atom. The molecule has 0 aliphatic carbocycles. The molecule has 0 aliphatic heterocycles. The van der Waals surface area contributed by atoms with Gasteiger partial charge in [0.15, 0.2) is 0 Å². The van der Waals surface area contributed by atoms with E-state index in [2.05, 4.69) is 5.32 Å². The molecule has 0 saturated heterocycles. The van der Waals surface area contributed by atoms with Crippen molar-refractivity contribution in [1.29, 1.82) is 0 Å². The standard InChI is InChI=1S/C30H27F4NO3/c1-36-28-17-26(38-25-13-7-22(8-14-25)21-5-11-24(31)12-6-21)18-29(37-2)27(28)19-35-16-15-20-3-9-23(10-4-20)30(32,33)34/h3-14,17-18,35H,15-16,19H2,1-2H3. The quantitative estimate of drug-likeness (QED) is 0.171. The van der Waals surface area contributed by atoms with Gasteiger partial charge in [-0.05, 0) is 66.1 Å². The van der Waals surface area contributed by atoms with Crippen LogP contribution in [0.5, 0.6) is 23.0 Å². The summed E-state index contributed by atoms with van der Waals surface area (Å²) in [6.07, 6.45) is -3.77. The Balaban J connectivity index is 1.39. The minimum absolute atomic E-state index is 0.283.